The Balaban J connectivity index is 2.77. The lowest BCUT2D eigenvalue weighted by Gasteiger charge is -2.36. The van der Waals surface area contributed by atoms with E-state index < -0.39 is 30.4 Å². The third-order valence-electron chi connectivity index (χ3n) is 7.46. The molecule has 0 spiro atoms. The van der Waals surface area contributed by atoms with Gasteiger partial charge >= 0.3 is 0 Å². The summed E-state index contributed by atoms with van der Waals surface area (Å²) in [7, 11) is -5.89. The summed E-state index contributed by atoms with van der Waals surface area (Å²) >= 11 is 0. The maximum Gasteiger partial charge on any atom is 0.123 e. The Kier molecular flexibility index (Phi) is 8.39. The second kappa shape index (κ2) is 10.1. The van der Waals surface area contributed by atoms with Gasteiger partial charge in [-0.15, -0.1) is 5.54 Å². The summed E-state index contributed by atoms with van der Waals surface area (Å²) in [5.74, 6) is 3.86. The molecule has 0 bridgehead atoms. The lowest BCUT2D eigenvalue weighted by Crippen LogP contribution is -2.54. The van der Waals surface area contributed by atoms with Gasteiger partial charge in [0.25, 0.3) is 0 Å². The fraction of sp³-hybridized carbons (Fsp3) is 0.357. The Morgan fingerprint density at radius 2 is 1.16 bits per heavy atom. The summed E-state index contributed by atoms with van der Waals surface area (Å²) in [5, 5.41) is 1.43. The van der Waals surface area contributed by atoms with Crippen molar-refractivity contribution in [3.8, 4) is 11.5 Å². The van der Waals surface area contributed by atoms with Crippen LogP contribution >= 0.6 is 0 Å². The first-order chi connectivity index (χ1) is 14.6. The fourth-order valence-corrected chi connectivity index (χ4v) is 9.70. The van der Waals surface area contributed by atoms with Crippen LogP contribution < -0.4 is 0 Å². The van der Waals surface area contributed by atoms with Gasteiger partial charge in [-0.05, 0) is 34.0 Å². The van der Waals surface area contributed by atoms with Crippen LogP contribution in [-0.4, -0.2) is 30.4 Å². The van der Waals surface area contributed by atoms with Crippen LogP contribution in [0.3, 0.4) is 0 Å². The quantitative estimate of drug-likeness (QED) is 0.165. The van der Waals surface area contributed by atoms with Gasteiger partial charge in [0.05, 0.1) is 15.2 Å². The van der Waals surface area contributed by atoms with Crippen molar-refractivity contribution >= 4 is 42.0 Å². The van der Waals surface area contributed by atoms with E-state index in [9.17, 15) is 0 Å². The van der Waals surface area contributed by atoms with Gasteiger partial charge in [-0.25, -0.2) is 0 Å². The average molecular weight is 491 g/mol. The zero-order valence-corrected chi connectivity index (χ0v) is 25.9. The molecular formula is C28H42Si4. The van der Waals surface area contributed by atoms with Gasteiger partial charge in [0.15, 0.2) is 0 Å². The number of rotatable bonds is 6. The highest BCUT2D eigenvalue weighted by atomic mass is 29.3. The fourth-order valence-electron chi connectivity index (χ4n) is 2.91. The van der Waals surface area contributed by atoms with Crippen molar-refractivity contribution in [3.05, 3.63) is 83.1 Å². The zero-order chi connectivity index (χ0) is 24.2. The van der Waals surface area contributed by atoms with Crippen LogP contribution in [0.15, 0.2) is 71.9 Å². The molecule has 0 saturated carbocycles. The van der Waals surface area contributed by atoms with E-state index in [2.05, 4.69) is 150 Å². The highest BCUT2D eigenvalue weighted by Gasteiger charge is 2.40. The number of allylic oxidation sites excluding steroid dienone is 3. The average Bonchev–Trinajstić information content (AvgIpc) is 2.69. The molecule has 0 saturated heterocycles. The summed E-state index contributed by atoms with van der Waals surface area (Å²) in [5.41, 5.74) is 7.68. The first kappa shape index (κ1) is 26.6. The van der Waals surface area contributed by atoms with Crippen LogP contribution in [0.1, 0.15) is 11.1 Å². The molecular weight excluding hydrogens is 449 g/mol. The molecule has 32 heavy (non-hydrogen) atoms. The SMILES string of the molecule is C[Si](C)(C)[Si](C)(C)C#C/C(=C\C(=C\c1ccccc1)c1ccccc1)[Si](C)(C)[Si](C)(C)C. The number of hydrogen-bond donors (Lipinski definition) is 0. The Hall–Kier alpha value is -1.65. The molecule has 0 amide bonds. The molecule has 0 heterocycles. The molecule has 4 heteroatoms. The van der Waals surface area contributed by atoms with Crippen LogP contribution in [0.4, 0.5) is 0 Å². The largest absolute Gasteiger partial charge is 0.130 e. The van der Waals surface area contributed by atoms with Gasteiger partial charge in [-0.2, -0.15) is 0 Å². The maximum atomic E-state index is 3.91. The minimum absolute atomic E-state index is 1.24. The first-order valence-corrected chi connectivity index (χ1v) is 26.7. The Morgan fingerprint density at radius 1 is 0.656 bits per heavy atom. The third-order valence-corrected chi connectivity index (χ3v) is 41.0. The van der Waals surface area contributed by atoms with E-state index in [0.717, 1.165) is 0 Å². The molecule has 0 aliphatic heterocycles. The molecule has 0 aliphatic rings. The van der Waals surface area contributed by atoms with Crippen LogP contribution in [0.2, 0.25) is 65.5 Å². The van der Waals surface area contributed by atoms with Crippen LogP contribution in [-0.2, 0) is 0 Å². The molecule has 0 nitrogen and oxygen atoms in total. The van der Waals surface area contributed by atoms with Gasteiger partial charge < -0.3 is 0 Å². The first-order valence-electron chi connectivity index (χ1n) is 11.7. The van der Waals surface area contributed by atoms with E-state index in [0.29, 0.717) is 0 Å². The second-order valence-corrected chi connectivity index (χ2v) is 44.7. The molecule has 0 aromatic heterocycles. The van der Waals surface area contributed by atoms with Crippen LogP contribution in [0, 0.1) is 11.5 Å². The summed E-state index contributed by atoms with van der Waals surface area (Å²) < 4.78 is 0. The summed E-state index contributed by atoms with van der Waals surface area (Å²) in [4.78, 5) is 0. The lowest BCUT2D eigenvalue weighted by molar-refractivity contribution is 1.60. The lowest BCUT2D eigenvalue weighted by atomic mass is 10.0. The van der Waals surface area contributed by atoms with Gasteiger partial charge in [-0.3, -0.25) is 0 Å². The second-order valence-electron chi connectivity index (χ2n) is 11.9. The van der Waals surface area contributed by atoms with E-state index in [-0.39, 0.29) is 0 Å². The van der Waals surface area contributed by atoms with Crippen LogP contribution in [0.5, 0.6) is 0 Å². The van der Waals surface area contributed by atoms with E-state index in [1.807, 2.05) is 0 Å². The van der Waals surface area contributed by atoms with Crippen molar-refractivity contribution < 1.29 is 0 Å². The van der Waals surface area contributed by atoms with Crippen molar-refractivity contribution in [1.82, 2.24) is 0 Å². The van der Waals surface area contributed by atoms with Crippen LogP contribution in [0.25, 0.3) is 11.6 Å². The molecule has 0 N–H and O–H groups in total. The number of benzene rings is 2. The van der Waals surface area contributed by atoms with Crippen molar-refractivity contribution in [2.75, 3.05) is 0 Å². The third kappa shape index (κ3) is 6.68. The Morgan fingerprint density at radius 3 is 1.62 bits per heavy atom. The number of hydrogen-bond acceptors (Lipinski definition) is 0. The van der Waals surface area contributed by atoms with Crippen molar-refractivity contribution in [2.45, 2.75) is 65.5 Å². The molecule has 0 radical (unpaired) electrons. The molecule has 0 aliphatic carbocycles. The van der Waals surface area contributed by atoms with Gasteiger partial charge in [0.1, 0.15) is 7.59 Å². The summed E-state index contributed by atoms with van der Waals surface area (Å²) in [6, 6.07) is 21.5. The molecule has 2 aromatic carbocycles. The zero-order valence-electron chi connectivity index (χ0n) is 21.9. The Labute approximate surface area is 201 Å². The molecule has 2 rings (SSSR count). The predicted molar refractivity (Wildman–Crippen MR) is 158 cm³/mol. The maximum absolute atomic E-state index is 3.91. The molecule has 2 aromatic rings. The van der Waals surface area contributed by atoms with Crippen molar-refractivity contribution in [3.63, 3.8) is 0 Å². The minimum Gasteiger partial charge on any atom is -0.130 e. The van der Waals surface area contributed by atoms with E-state index >= 15 is 0 Å². The van der Waals surface area contributed by atoms with E-state index in [1.54, 1.807) is 0 Å². The smallest absolute Gasteiger partial charge is 0.123 e. The summed E-state index contributed by atoms with van der Waals surface area (Å²) in [6.45, 7) is 25.1. The Bertz CT molecular complexity index is 1020. The summed E-state index contributed by atoms with van der Waals surface area (Å²) in [6.07, 6.45) is 4.78. The van der Waals surface area contributed by atoms with Gasteiger partial charge in [-0.1, -0.05) is 132 Å². The van der Waals surface area contributed by atoms with Gasteiger partial charge in [0, 0.05) is 7.59 Å². The molecule has 0 unspecified atom stereocenters. The van der Waals surface area contributed by atoms with Crippen molar-refractivity contribution in [1.29, 1.82) is 0 Å². The van der Waals surface area contributed by atoms with E-state index in [4.69, 9.17) is 0 Å². The highest BCUT2D eigenvalue weighted by Crippen LogP contribution is 2.30. The van der Waals surface area contributed by atoms with Gasteiger partial charge in [0.2, 0.25) is 0 Å². The molecule has 0 atom stereocenters. The molecule has 0 fully saturated rings. The monoisotopic (exact) mass is 490 g/mol. The highest BCUT2D eigenvalue weighted by molar-refractivity contribution is 7.44. The van der Waals surface area contributed by atoms with Crippen molar-refractivity contribution in [2.24, 2.45) is 0 Å². The van der Waals surface area contributed by atoms with E-state index in [1.165, 1.54) is 21.9 Å². The topological polar surface area (TPSA) is 0 Å². The molecule has 170 valence electrons. The predicted octanol–water partition coefficient (Wildman–Crippen LogP) is 8.49. The minimum atomic E-state index is -1.68. The normalized spacial score (nSPS) is 14.1. The standard InChI is InChI=1S/C28H42Si4/c1-29(2,3)31(7,8)22-21-28(32(9,10)30(4,5)6)24-27(26-19-15-12-16-20-26)23-25-17-13-11-14-18-25/h11-20,23-24H,1-10H3/b27-23-,28-24+.